The van der Waals surface area contributed by atoms with Crippen LogP contribution >= 0.6 is 11.8 Å². The predicted molar refractivity (Wildman–Crippen MR) is 137 cm³/mol. The van der Waals surface area contributed by atoms with Crippen molar-refractivity contribution in [1.82, 2.24) is 21.2 Å². The molecule has 11 heteroatoms. The molecule has 5 aliphatic rings. The standard InChI is InChI=1S/C26H45F3N4O3S/c1-2-35-25(34)20-12-13-30-33(20)15-16-8-10-18(11-9-16)23-31-24(36-32-23)21-14-19(17-6-4-3-5-7-17)22(37-21)26(27,28)29/h16-25,30-32,34H,2-15H2,1H3. The summed E-state index contributed by atoms with van der Waals surface area (Å²) in [6.45, 7) is 4.14. The number of hydrazine groups is 1. The number of nitrogens with zero attached hydrogens (tertiary/aromatic N) is 1. The van der Waals surface area contributed by atoms with E-state index >= 15 is 0 Å². The number of ether oxygens (including phenoxy) is 1. The van der Waals surface area contributed by atoms with Crippen LogP contribution in [0.5, 0.6) is 0 Å². The highest BCUT2D eigenvalue weighted by atomic mass is 32.2. The first-order chi connectivity index (χ1) is 17.8. The molecule has 0 spiro atoms. The van der Waals surface area contributed by atoms with Gasteiger partial charge >= 0.3 is 6.18 Å². The normalized spacial score (nSPS) is 41.4. The molecule has 3 heterocycles. The maximum Gasteiger partial charge on any atom is 0.400 e. The van der Waals surface area contributed by atoms with Gasteiger partial charge in [-0.25, -0.2) is 5.01 Å². The summed E-state index contributed by atoms with van der Waals surface area (Å²) in [4.78, 5) is 5.89. The summed E-state index contributed by atoms with van der Waals surface area (Å²) >= 11 is 1.09. The van der Waals surface area contributed by atoms with Crippen LogP contribution in [0.1, 0.15) is 77.6 Å². The van der Waals surface area contributed by atoms with Gasteiger partial charge in [-0.05, 0) is 69.1 Å². The average Bonchev–Trinajstić information content (AvgIpc) is 3.64. The van der Waals surface area contributed by atoms with Crippen molar-refractivity contribution in [1.29, 1.82) is 0 Å². The van der Waals surface area contributed by atoms with Gasteiger partial charge in [0.05, 0.1) is 12.2 Å². The predicted octanol–water partition coefficient (Wildman–Crippen LogP) is 4.14. The van der Waals surface area contributed by atoms with Crippen LogP contribution in [0.2, 0.25) is 0 Å². The molecular weight excluding hydrogens is 505 g/mol. The molecule has 2 saturated carbocycles. The van der Waals surface area contributed by atoms with E-state index in [0.717, 1.165) is 89.1 Å². The smallest absolute Gasteiger partial charge is 0.367 e. The largest absolute Gasteiger partial charge is 0.400 e. The molecule has 0 radical (unpaired) electrons. The van der Waals surface area contributed by atoms with Crippen molar-refractivity contribution in [2.75, 3.05) is 19.7 Å². The quantitative estimate of drug-likeness (QED) is 0.336. The Kier molecular flexibility index (Phi) is 9.65. The molecule has 5 fully saturated rings. The van der Waals surface area contributed by atoms with Gasteiger partial charge in [0.1, 0.15) is 11.5 Å². The number of aliphatic hydroxyl groups excluding tert-OH is 1. The maximum absolute atomic E-state index is 14.0. The van der Waals surface area contributed by atoms with E-state index < -0.39 is 17.7 Å². The van der Waals surface area contributed by atoms with Gasteiger partial charge in [0.15, 0.2) is 6.29 Å². The number of nitrogens with one attached hydrogen (secondary N) is 3. The number of hydrogen-bond acceptors (Lipinski definition) is 8. The molecule has 5 rings (SSSR count). The Labute approximate surface area is 223 Å². The number of thioether (sulfide) groups is 1. The Hall–Kier alpha value is -0.140. The third-order valence-electron chi connectivity index (χ3n) is 9.44. The van der Waals surface area contributed by atoms with Gasteiger partial charge in [-0.2, -0.15) is 18.7 Å². The minimum Gasteiger partial charge on any atom is -0.367 e. The zero-order valence-electron chi connectivity index (χ0n) is 21.9. The van der Waals surface area contributed by atoms with Crippen LogP contribution in [0.4, 0.5) is 13.2 Å². The van der Waals surface area contributed by atoms with Gasteiger partial charge in [-0.3, -0.25) is 15.6 Å². The van der Waals surface area contributed by atoms with Gasteiger partial charge in [-0.1, -0.05) is 32.1 Å². The van der Waals surface area contributed by atoms with E-state index in [1.807, 2.05) is 6.92 Å². The number of hydrogen-bond donors (Lipinski definition) is 4. The minimum absolute atomic E-state index is 0.00753. The number of alkyl halides is 3. The fourth-order valence-electron chi connectivity index (χ4n) is 7.45. The van der Waals surface area contributed by atoms with E-state index in [2.05, 4.69) is 21.2 Å². The van der Waals surface area contributed by atoms with Crippen molar-refractivity contribution in [2.45, 2.75) is 119 Å². The highest BCUT2D eigenvalue weighted by molar-refractivity contribution is 8.00. The number of aliphatic hydroxyl groups is 1. The lowest BCUT2D eigenvalue weighted by Gasteiger charge is -2.35. The third kappa shape index (κ3) is 6.78. The van der Waals surface area contributed by atoms with Crippen molar-refractivity contribution in [2.24, 2.45) is 23.7 Å². The second-order valence-electron chi connectivity index (χ2n) is 11.8. The Bertz CT molecular complexity index is 724. The average molecular weight is 551 g/mol. The Morgan fingerprint density at radius 3 is 2.51 bits per heavy atom. The molecule has 0 aromatic rings. The molecule has 214 valence electrons. The fourth-order valence-corrected chi connectivity index (χ4v) is 9.13. The first-order valence-electron chi connectivity index (χ1n) is 14.5. The fraction of sp³-hybridized carbons (Fsp3) is 1.00. The third-order valence-corrected chi connectivity index (χ3v) is 11.1. The van der Waals surface area contributed by atoms with Gasteiger partial charge in [0, 0.05) is 24.9 Å². The second-order valence-corrected chi connectivity index (χ2v) is 13.2. The summed E-state index contributed by atoms with van der Waals surface area (Å²) in [7, 11) is 0. The lowest BCUT2D eigenvalue weighted by atomic mass is 9.76. The lowest BCUT2D eigenvalue weighted by Crippen LogP contribution is -2.48. The summed E-state index contributed by atoms with van der Waals surface area (Å²) in [5.41, 5.74) is 6.55. The summed E-state index contributed by atoms with van der Waals surface area (Å²) < 4.78 is 47.3. The van der Waals surface area contributed by atoms with Gasteiger partial charge in [0.25, 0.3) is 0 Å². The number of halogens is 3. The van der Waals surface area contributed by atoms with Crippen molar-refractivity contribution in [3.8, 4) is 0 Å². The van der Waals surface area contributed by atoms with E-state index in [-0.39, 0.29) is 35.5 Å². The van der Waals surface area contributed by atoms with Crippen molar-refractivity contribution in [3.63, 3.8) is 0 Å². The zero-order valence-corrected chi connectivity index (χ0v) is 22.7. The Morgan fingerprint density at radius 2 is 1.81 bits per heavy atom. The van der Waals surface area contributed by atoms with Crippen LogP contribution in [-0.2, 0) is 9.57 Å². The van der Waals surface area contributed by atoms with Crippen LogP contribution in [0.3, 0.4) is 0 Å². The summed E-state index contributed by atoms with van der Waals surface area (Å²) in [5.74, 6) is 0.846. The van der Waals surface area contributed by atoms with Gasteiger partial charge < -0.3 is 9.84 Å². The van der Waals surface area contributed by atoms with E-state index in [1.165, 1.54) is 0 Å². The lowest BCUT2D eigenvalue weighted by molar-refractivity contribution is -0.141. The molecule has 2 aliphatic carbocycles. The molecule has 0 aromatic heterocycles. The van der Waals surface area contributed by atoms with Crippen LogP contribution in [0.15, 0.2) is 0 Å². The van der Waals surface area contributed by atoms with E-state index in [1.54, 1.807) is 0 Å². The van der Waals surface area contributed by atoms with Crippen LogP contribution in [-0.4, -0.2) is 71.2 Å². The number of rotatable bonds is 8. The molecule has 0 aromatic carbocycles. The van der Waals surface area contributed by atoms with Crippen LogP contribution < -0.4 is 16.2 Å². The Morgan fingerprint density at radius 1 is 1.05 bits per heavy atom. The summed E-state index contributed by atoms with van der Waals surface area (Å²) in [6, 6.07) is -0.00753. The molecule has 37 heavy (non-hydrogen) atoms. The molecule has 7 unspecified atom stereocenters. The van der Waals surface area contributed by atoms with Crippen molar-refractivity contribution >= 4 is 11.8 Å². The SMILES string of the molecule is CCOC(O)C1CCNN1CC1CCC(C2NOC(C3CC(C4CCCCC4)C(C(F)(F)F)S3)N2)CC1. The Balaban J connectivity index is 1.09. The minimum atomic E-state index is -4.16. The first-order valence-corrected chi connectivity index (χ1v) is 15.5. The van der Waals surface area contributed by atoms with Gasteiger partial charge in [0.2, 0.25) is 0 Å². The van der Waals surface area contributed by atoms with Gasteiger partial charge in [-0.15, -0.1) is 11.8 Å². The molecule has 7 nitrogen and oxygen atoms in total. The van der Waals surface area contributed by atoms with E-state index in [0.29, 0.717) is 24.9 Å². The summed E-state index contributed by atoms with van der Waals surface area (Å²) in [6.07, 6.45) is 5.57. The van der Waals surface area contributed by atoms with Crippen molar-refractivity contribution < 1.29 is 27.9 Å². The molecule has 4 N–H and O–H groups in total. The molecule has 3 aliphatic heterocycles. The zero-order chi connectivity index (χ0) is 26.0. The van der Waals surface area contributed by atoms with Crippen LogP contribution in [0, 0.1) is 23.7 Å². The van der Waals surface area contributed by atoms with Crippen LogP contribution in [0.25, 0.3) is 0 Å². The highest BCUT2D eigenvalue weighted by Gasteiger charge is 2.55. The van der Waals surface area contributed by atoms with E-state index in [9.17, 15) is 18.3 Å². The number of hydroxylamine groups is 1. The van der Waals surface area contributed by atoms with E-state index in [4.69, 9.17) is 9.57 Å². The van der Waals surface area contributed by atoms with Crippen molar-refractivity contribution in [3.05, 3.63) is 0 Å². The maximum atomic E-state index is 14.0. The molecule has 3 saturated heterocycles. The molecular formula is C26H45F3N4O3S. The molecule has 7 atom stereocenters. The highest BCUT2D eigenvalue weighted by Crippen LogP contribution is 2.53. The second kappa shape index (κ2) is 12.6. The first kappa shape index (κ1) is 28.4. The summed E-state index contributed by atoms with van der Waals surface area (Å²) in [5, 5.41) is 14.5. The molecule has 0 amide bonds. The topological polar surface area (TPSA) is 78.0 Å². The monoisotopic (exact) mass is 550 g/mol. The molecule has 0 bridgehead atoms.